The lowest BCUT2D eigenvalue weighted by Gasteiger charge is -2.33. The van der Waals surface area contributed by atoms with Gasteiger partial charge < -0.3 is 10.4 Å². The molecule has 1 saturated carbocycles. The number of carbonyl (C=O) groups is 1. The number of amides is 1. The van der Waals surface area contributed by atoms with Crippen LogP contribution in [0.25, 0.3) is 0 Å². The van der Waals surface area contributed by atoms with Crippen LogP contribution in [-0.2, 0) is 0 Å². The maximum atomic E-state index is 11.9. The molecule has 3 heteroatoms. The Morgan fingerprint density at radius 2 is 2.05 bits per heavy atom. The highest BCUT2D eigenvalue weighted by molar-refractivity contribution is 5.94. The van der Waals surface area contributed by atoms with Gasteiger partial charge in [-0.25, -0.2) is 0 Å². The summed E-state index contributed by atoms with van der Waals surface area (Å²) in [6, 6.07) is 7.60. The van der Waals surface area contributed by atoms with Gasteiger partial charge in [0, 0.05) is 23.6 Å². The molecule has 0 spiro atoms. The molecular weight excluding hydrogens is 238 g/mol. The van der Waals surface area contributed by atoms with E-state index < -0.39 is 0 Å². The Labute approximate surface area is 114 Å². The summed E-state index contributed by atoms with van der Waals surface area (Å²) in [4.78, 5) is 11.9. The van der Waals surface area contributed by atoms with Crippen molar-refractivity contribution in [3.05, 3.63) is 35.4 Å². The maximum Gasteiger partial charge on any atom is 0.251 e. The number of rotatable bonds is 3. The number of aliphatic hydroxyl groups is 1. The van der Waals surface area contributed by atoms with E-state index in [1.54, 1.807) is 12.1 Å². The second-order valence-corrected chi connectivity index (χ2v) is 5.10. The minimum atomic E-state index is -0.00762. The molecule has 0 bridgehead atoms. The van der Waals surface area contributed by atoms with Gasteiger partial charge >= 0.3 is 0 Å². The van der Waals surface area contributed by atoms with Crippen LogP contribution in [-0.4, -0.2) is 23.7 Å². The second-order valence-electron chi connectivity index (χ2n) is 5.10. The van der Waals surface area contributed by atoms with Gasteiger partial charge in [0.2, 0.25) is 0 Å². The molecule has 2 rings (SSSR count). The molecule has 1 amide bonds. The summed E-state index contributed by atoms with van der Waals surface area (Å²) in [5, 5.41) is 11.7. The van der Waals surface area contributed by atoms with Gasteiger partial charge in [-0.2, -0.15) is 0 Å². The standard InChI is InChI=1S/C16H19NO2/c1-12-10-15(11-12)17-16(19)14-7-5-13(6-8-14)4-2-3-9-18/h5-8,12,15,18H,3,9-11H2,1H3,(H,17,19). The zero-order chi connectivity index (χ0) is 13.7. The fourth-order valence-electron chi connectivity index (χ4n) is 2.21. The van der Waals surface area contributed by atoms with Crippen LogP contribution in [0.4, 0.5) is 0 Å². The van der Waals surface area contributed by atoms with Crippen molar-refractivity contribution in [2.45, 2.75) is 32.2 Å². The smallest absolute Gasteiger partial charge is 0.251 e. The highest BCUT2D eigenvalue weighted by Gasteiger charge is 2.26. The van der Waals surface area contributed by atoms with Crippen LogP contribution in [0.3, 0.4) is 0 Å². The number of hydrogen-bond acceptors (Lipinski definition) is 2. The van der Waals surface area contributed by atoms with E-state index in [0.717, 1.165) is 24.3 Å². The van der Waals surface area contributed by atoms with E-state index in [0.29, 0.717) is 18.0 Å². The van der Waals surface area contributed by atoms with Gasteiger partial charge in [0.05, 0.1) is 6.61 Å². The Hall–Kier alpha value is -1.79. The largest absolute Gasteiger partial charge is 0.395 e. The lowest BCUT2D eigenvalue weighted by molar-refractivity contribution is 0.0896. The molecule has 19 heavy (non-hydrogen) atoms. The molecule has 3 nitrogen and oxygen atoms in total. The molecule has 2 N–H and O–H groups in total. The first-order chi connectivity index (χ1) is 9.19. The monoisotopic (exact) mass is 257 g/mol. The van der Waals surface area contributed by atoms with Crippen LogP contribution < -0.4 is 5.32 Å². The first kappa shape index (κ1) is 13.6. The molecule has 1 aromatic carbocycles. The Morgan fingerprint density at radius 3 is 2.63 bits per heavy atom. The number of carbonyl (C=O) groups excluding carboxylic acids is 1. The van der Waals surface area contributed by atoms with Gasteiger partial charge in [0.1, 0.15) is 0 Å². The van der Waals surface area contributed by atoms with Gasteiger partial charge in [-0.05, 0) is 43.0 Å². The molecule has 0 aromatic heterocycles. The van der Waals surface area contributed by atoms with Crippen molar-refractivity contribution in [2.24, 2.45) is 5.92 Å². The van der Waals surface area contributed by atoms with Crippen molar-refractivity contribution < 1.29 is 9.90 Å². The number of nitrogens with one attached hydrogen (secondary N) is 1. The molecule has 1 fully saturated rings. The summed E-state index contributed by atoms with van der Waals surface area (Å²) in [6.45, 7) is 2.27. The van der Waals surface area contributed by atoms with E-state index in [2.05, 4.69) is 24.1 Å². The predicted molar refractivity (Wildman–Crippen MR) is 74.7 cm³/mol. The van der Waals surface area contributed by atoms with Gasteiger partial charge in [-0.1, -0.05) is 18.8 Å². The van der Waals surface area contributed by atoms with E-state index in [1.165, 1.54) is 0 Å². The summed E-state index contributed by atoms with van der Waals surface area (Å²) in [6.07, 6.45) is 2.63. The molecule has 0 radical (unpaired) electrons. The quantitative estimate of drug-likeness (QED) is 0.813. The number of hydrogen-bond donors (Lipinski definition) is 2. The fraction of sp³-hybridized carbons (Fsp3) is 0.438. The minimum absolute atomic E-state index is 0.00762. The third kappa shape index (κ3) is 3.84. The van der Waals surface area contributed by atoms with E-state index in [9.17, 15) is 4.79 Å². The van der Waals surface area contributed by atoms with E-state index in [1.807, 2.05) is 12.1 Å². The lowest BCUT2D eigenvalue weighted by atomic mass is 9.82. The van der Waals surface area contributed by atoms with Gasteiger partial charge in [-0.15, -0.1) is 0 Å². The van der Waals surface area contributed by atoms with Crippen LogP contribution >= 0.6 is 0 Å². The number of benzene rings is 1. The zero-order valence-electron chi connectivity index (χ0n) is 11.1. The summed E-state index contributed by atoms with van der Waals surface area (Å²) in [5.41, 5.74) is 1.54. The molecule has 1 aliphatic carbocycles. The Morgan fingerprint density at radius 1 is 1.37 bits per heavy atom. The molecule has 1 aliphatic rings. The third-order valence-corrected chi connectivity index (χ3v) is 3.33. The van der Waals surface area contributed by atoms with Gasteiger partial charge in [0.25, 0.3) is 5.91 Å². The number of aliphatic hydroxyl groups excluding tert-OH is 1. The van der Waals surface area contributed by atoms with Crippen molar-refractivity contribution in [2.75, 3.05) is 6.61 Å². The van der Waals surface area contributed by atoms with Crippen molar-refractivity contribution in [1.82, 2.24) is 5.32 Å². The van der Waals surface area contributed by atoms with Crippen LogP contribution in [0.2, 0.25) is 0 Å². The topological polar surface area (TPSA) is 49.3 Å². The third-order valence-electron chi connectivity index (χ3n) is 3.33. The van der Waals surface area contributed by atoms with Gasteiger partial charge in [-0.3, -0.25) is 4.79 Å². The van der Waals surface area contributed by atoms with Crippen LogP contribution in [0, 0.1) is 17.8 Å². The lowest BCUT2D eigenvalue weighted by Crippen LogP contribution is -2.43. The SMILES string of the molecule is CC1CC(NC(=O)c2ccc(C#CCCO)cc2)C1. The average Bonchev–Trinajstić information content (AvgIpc) is 2.38. The van der Waals surface area contributed by atoms with Crippen LogP contribution in [0.5, 0.6) is 0 Å². The Balaban J connectivity index is 1.91. The van der Waals surface area contributed by atoms with Crippen molar-refractivity contribution in [3.63, 3.8) is 0 Å². The Bertz CT molecular complexity index is 490. The summed E-state index contributed by atoms with van der Waals surface area (Å²) >= 11 is 0. The highest BCUT2D eigenvalue weighted by atomic mass is 16.2. The molecular formula is C16H19NO2. The molecule has 1 aromatic rings. The fourth-order valence-corrected chi connectivity index (χ4v) is 2.21. The predicted octanol–water partition coefficient (Wildman–Crippen LogP) is 1.95. The molecule has 0 aliphatic heterocycles. The van der Waals surface area contributed by atoms with Crippen LogP contribution in [0.15, 0.2) is 24.3 Å². The van der Waals surface area contributed by atoms with E-state index >= 15 is 0 Å². The van der Waals surface area contributed by atoms with E-state index in [-0.39, 0.29) is 12.5 Å². The molecule has 100 valence electrons. The molecule has 0 unspecified atom stereocenters. The summed E-state index contributed by atoms with van der Waals surface area (Å²) < 4.78 is 0. The van der Waals surface area contributed by atoms with Crippen molar-refractivity contribution in [1.29, 1.82) is 0 Å². The summed E-state index contributed by atoms with van der Waals surface area (Å²) in [7, 11) is 0. The van der Waals surface area contributed by atoms with Crippen molar-refractivity contribution >= 4 is 5.91 Å². The summed E-state index contributed by atoms with van der Waals surface area (Å²) in [5.74, 6) is 6.52. The van der Waals surface area contributed by atoms with Crippen LogP contribution in [0.1, 0.15) is 42.1 Å². The maximum absolute atomic E-state index is 11.9. The van der Waals surface area contributed by atoms with E-state index in [4.69, 9.17) is 5.11 Å². The normalized spacial score (nSPS) is 20.9. The average molecular weight is 257 g/mol. The highest BCUT2D eigenvalue weighted by Crippen LogP contribution is 2.26. The first-order valence-corrected chi connectivity index (χ1v) is 6.69. The second kappa shape index (κ2) is 6.40. The van der Waals surface area contributed by atoms with Crippen molar-refractivity contribution in [3.8, 4) is 11.8 Å². The minimum Gasteiger partial charge on any atom is -0.395 e. The first-order valence-electron chi connectivity index (χ1n) is 6.69. The molecule has 0 atom stereocenters. The Kier molecular flexibility index (Phi) is 4.59. The molecule has 0 heterocycles. The molecule has 0 saturated heterocycles. The van der Waals surface area contributed by atoms with Gasteiger partial charge in [0.15, 0.2) is 0 Å². The zero-order valence-corrected chi connectivity index (χ0v) is 11.1.